The Balaban J connectivity index is 1.82. The number of hydrogen-bond acceptors (Lipinski definition) is 3. The molecule has 2 rings (SSSR count). The van der Waals surface area contributed by atoms with Gasteiger partial charge >= 0.3 is 0 Å². The van der Waals surface area contributed by atoms with Gasteiger partial charge in [0, 0.05) is 24.9 Å². The van der Waals surface area contributed by atoms with Gasteiger partial charge < -0.3 is 5.32 Å². The van der Waals surface area contributed by atoms with Crippen molar-refractivity contribution in [3.63, 3.8) is 0 Å². The zero-order chi connectivity index (χ0) is 12.1. The molecule has 0 spiro atoms. The first kappa shape index (κ1) is 12.3. The van der Waals surface area contributed by atoms with Gasteiger partial charge in [0.15, 0.2) is 0 Å². The van der Waals surface area contributed by atoms with Crippen LogP contribution in [0.2, 0.25) is 0 Å². The lowest BCUT2D eigenvalue weighted by Crippen LogP contribution is -2.18. The van der Waals surface area contributed by atoms with Crippen LogP contribution in [0.3, 0.4) is 0 Å². The van der Waals surface area contributed by atoms with Crippen LogP contribution in [0, 0.1) is 13.8 Å². The molecule has 2 nitrogen and oxygen atoms in total. The fourth-order valence-corrected chi connectivity index (χ4v) is 2.51. The quantitative estimate of drug-likeness (QED) is 0.820. The van der Waals surface area contributed by atoms with Crippen molar-refractivity contribution in [2.75, 3.05) is 6.54 Å². The summed E-state index contributed by atoms with van der Waals surface area (Å²) in [6, 6.07) is 6.46. The summed E-state index contributed by atoms with van der Waals surface area (Å²) in [4.78, 5) is 4.27. The molecule has 90 valence electrons. The molecular weight excluding hydrogens is 228 g/mol. The first-order chi connectivity index (χ1) is 8.27. The van der Waals surface area contributed by atoms with Crippen molar-refractivity contribution >= 4 is 11.3 Å². The van der Waals surface area contributed by atoms with E-state index in [2.05, 4.69) is 47.7 Å². The fourth-order valence-electron chi connectivity index (χ4n) is 1.92. The number of benzene rings is 1. The maximum Gasteiger partial charge on any atom is 0.0794 e. The normalized spacial score (nSPS) is 10.7. The Morgan fingerprint density at radius 3 is 2.65 bits per heavy atom. The molecule has 0 saturated carbocycles. The van der Waals surface area contributed by atoms with E-state index in [1.54, 1.807) is 11.3 Å². The van der Waals surface area contributed by atoms with Crippen molar-refractivity contribution in [3.8, 4) is 0 Å². The van der Waals surface area contributed by atoms with Gasteiger partial charge in [0.25, 0.3) is 0 Å². The van der Waals surface area contributed by atoms with Gasteiger partial charge in [-0.25, -0.2) is 4.98 Å². The second kappa shape index (κ2) is 5.94. The van der Waals surface area contributed by atoms with Crippen LogP contribution >= 0.6 is 11.3 Å². The van der Waals surface area contributed by atoms with Crippen molar-refractivity contribution in [1.29, 1.82) is 0 Å². The smallest absolute Gasteiger partial charge is 0.0794 e. The van der Waals surface area contributed by atoms with Crippen molar-refractivity contribution in [2.24, 2.45) is 0 Å². The van der Waals surface area contributed by atoms with Gasteiger partial charge in [0.1, 0.15) is 0 Å². The molecule has 17 heavy (non-hydrogen) atoms. The van der Waals surface area contributed by atoms with Crippen LogP contribution in [-0.2, 0) is 13.0 Å². The number of nitrogens with one attached hydrogen (secondary N) is 1. The molecule has 2 aromatic rings. The summed E-state index contributed by atoms with van der Waals surface area (Å²) in [6.45, 7) is 6.27. The summed E-state index contributed by atoms with van der Waals surface area (Å²) in [7, 11) is 0. The Morgan fingerprint density at radius 2 is 2.00 bits per heavy atom. The van der Waals surface area contributed by atoms with Gasteiger partial charge in [-0.3, -0.25) is 0 Å². The third kappa shape index (κ3) is 3.38. The maximum atomic E-state index is 4.27. The summed E-state index contributed by atoms with van der Waals surface area (Å²) in [5.74, 6) is 0. The molecule has 1 aromatic carbocycles. The van der Waals surface area contributed by atoms with E-state index in [0.717, 1.165) is 19.5 Å². The Bertz CT molecular complexity index is 443. The molecule has 0 bridgehead atoms. The topological polar surface area (TPSA) is 24.9 Å². The molecule has 0 saturated heterocycles. The van der Waals surface area contributed by atoms with E-state index in [0.29, 0.717) is 0 Å². The maximum absolute atomic E-state index is 4.27. The lowest BCUT2D eigenvalue weighted by atomic mass is 10.0. The minimum absolute atomic E-state index is 0.947. The lowest BCUT2D eigenvalue weighted by Gasteiger charge is -2.10. The predicted octanol–water partition coefficient (Wildman–Crippen LogP) is 3.09. The largest absolute Gasteiger partial charge is 0.312 e. The van der Waals surface area contributed by atoms with Crippen LogP contribution in [0.1, 0.15) is 22.4 Å². The molecule has 0 unspecified atom stereocenters. The van der Waals surface area contributed by atoms with Gasteiger partial charge in [0.2, 0.25) is 0 Å². The lowest BCUT2D eigenvalue weighted by molar-refractivity contribution is 0.677. The highest BCUT2D eigenvalue weighted by Crippen LogP contribution is 2.12. The van der Waals surface area contributed by atoms with E-state index < -0.39 is 0 Å². The molecule has 0 aliphatic heterocycles. The molecule has 1 N–H and O–H groups in total. The van der Waals surface area contributed by atoms with E-state index in [9.17, 15) is 0 Å². The van der Waals surface area contributed by atoms with Crippen molar-refractivity contribution in [2.45, 2.75) is 26.8 Å². The summed E-state index contributed by atoms with van der Waals surface area (Å²) in [6.07, 6.45) is 1.01. The van der Waals surface area contributed by atoms with Crippen molar-refractivity contribution in [1.82, 2.24) is 10.3 Å². The SMILES string of the molecule is Cc1cccc(C)c1CNCCc1cscn1. The summed E-state index contributed by atoms with van der Waals surface area (Å²) in [5.41, 5.74) is 7.23. The second-order valence-electron chi connectivity index (χ2n) is 4.28. The average molecular weight is 246 g/mol. The van der Waals surface area contributed by atoms with E-state index in [4.69, 9.17) is 0 Å². The van der Waals surface area contributed by atoms with Crippen molar-refractivity contribution < 1.29 is 0 Å². The van der Waals surface area contributed by atoms with Crippen LogP contribution in [0.15, 0.2) is 29.1 Å². The standard InChI is InChI=1S/C14H18N2S/c1-11-4-3-5-12(2)14(11)8-15-7-6-13-9-17-10-16-13/h3-5,9-10,15H,6-8H2,1-2H3. The van der Waals surface area contributed by atoms with Gasteiger partial charge in [-0.1, -0.05) is 18.2 Å². The number of nitrogens with zero attached hydrogens (tertiary/aromatic N) is 1. The van der Waals surface area contributed by atoms with Gasteiger partial charge in [-0.15, -0.1) is 11.3 Å². The predicted molar refractivity (Wildman–Crippen MR) is 73.4 cm³/mol. The highest BCUT2D eigenvalue weighted by atomic mass is 32.1. The van der Waals surface area contributed by atoms with Gasteiger partial charge in [-0.05, 0) is 30.5 Å². The molecule has 0 aliphatic carbocycles. The highest BCUT2D eigenvalue weighted by Gasteiger charge is 2.01. The molecule has 1 aromatic heterocycles. The minimum Gasteiger partial charge on any atom is -0.312 e. The third-order valence-electron chi connectivity index (χ3n) is 2.99. The minimum atomic E-state index is 0.947. The van der Waals surface area contributed by atoms with Crippen LogP contribution in [0.4, 0.5) is 0 Å². The Hall–Kier alpha value is -1.19. The molecule has 0 amide bonds. The zero-order valence-electron chi connectivity index (χ0n) is 10.4. The Kier molecular flexibility index (Phi) is 4.29. The summed E-state index contributed by atoms with van der Waals surface area (Å²) >= 11 is 1.66. The molecule has 0 fully saturated rings. The average Bonchev–Trinajstić information content (AvgIpc) is 2.80. The molecule has 0 aliphatic rings. The second-order valence-corrected chi connectivity index (χ2v) is 5.00. The number of rotatable bonds is 5. The first-order valence-corrected chi connectivity index (χ1v) is 6.84. The highest BCUT2D eigenvalue weighted by molar-refractivity contribution is 7.07. The van der Waals surface area contributed by atoms with E-state index in [-0.39, 0.29) is 0 Å². The molecule has 3 heteroatoms. The summed E-state index contributed by atoms with van der Waals surface area (Å²) in [5, 5.41) is 5.60. The third-order valence-corrected chi connectivity index (χ3v) is 3.62. The van der Waals surface area contributed by atoms with E-state index >= 15 is 0 Å². The number of aryl methyl sites for hydroxylation is 2. The summed E-state index contributed by atoms with van der Waals surface area (Å²) < 4.78 is 0. The van der Waals surface area contributed by atoms with E-state index in [1.165, 1.54) is 22.4 Å². The first-order valence-electron chi connectivity index (χ1n) is 5.90. The monoisotopic (exact) mass is 246 g/mol. The van der Waals surface area contributed by atoms with Gasteiger partial charge in [-0.2, -0.15) is 0 Å². The Labute approximate surface area is 107 Å². The number of hydrogen-bond donors (Lipinski definition) is 1. The van der Waals surface area contributed by atoms with Crippen LogP contribution in [0.25, 0.3) is 0 Å². The fraction of sp³-hybridized carbons (Fsp3) is 0.357. The molecular formula is C14H18N2S. The molecule has 0 radical (unpaired) electrons. The molecule has 1 heterocycles. The number of thiazole rings is 1. The van der Waals surface area contributed by atoms with Crippen LogP contribution in [-0.4, -0.2) is 11.5 Å². The number of aromatic nitrogens is 1. The van der Waals surface area contributed by atoms with E-state index in [1.807, 2.05) is 5.51 Å². The Morgan fingerprint density at radius 1 is 1.24 bits per heavy atom. The van der Waals surface area contributed by atoms with Crippen LogP contribution in [0.5, 0.6) is 0 Å². The van der Waals surface area contributed by atoms with Gasteiger partial charge in [0.05, 0.1) is 11.2 Å². The molecule has 0 atom stereocenters. The zero-order valence-corrected chi connectivity index (χ0v) is 11.2. The van der Waals surface area contributed by atoms with Crippen molar-refractivity contribution in [3.05, 3.63) is 51.5 Å². The van der Waals surface area contributed by atoms with Crippen LogP contribution < -0.4 is 5.32 Å².